The van der Waals surface area contributed by atoms with Crippen LogP contribution in [0.1, 0.15) is 0 Å². The normalized spacial score (nSPS) is 11.0. The Hall–Kier alpha value is -1.91. The van der Waals surface area contributed by atoms with E-state index in [4.69, 9.17) is 0 Å². The summed E-state index contributed by atoms with van der Waals surface area (Å²) in [5, 5.41) is 1.11. The summed E-state index contributed by atoms with van der Waals surface area (Å²) in [6, 6.07) is 20.9. The number of nitrogens with zero attached hydrogens (tertiary/aromatic N) is 1. The Morgan fingerprint density at radius 1 is 0.783 bits per heavy atom. The highest BCUT2D eigenvalue weighted by Gasteiger charge is 2.16. The highest BCUT2D eigenvalue weighted by Crippen LogP contribution is 2.38. The number of hydrogen-bond donors (Lipinski definition) is 1. The number of rotatable bonds is 2. The van der Waals surface area contributed by atoms with Gasteiger partial charge in [-0.1, -0.05) is 58.4 Å². The van der Waals surface area contributed by atoms with Gasteiger partial charge in [-0.2, -0.15) is 0 Å². The molecule has 0 amide bonds. The number of nitrogens with one attached hydrogen (secondary N) is 1. The average Bonchev–Trinajstić information content (AvgIpc) is 2.95. The van der Waals surface area contributed by atoms with Crippen LogP contribution in [-0.2, 0) is 0 Å². The molecule has 0 bridgehead atoms. The molecule has 2 heterocycles. The molecule has 4 rings (SSSR count). The van der Waals surface area contributed by atoms with Gasteiger partial charge in [0.05, 0.1) is 5.69 Å². The third-order valence-electron chi connectivity index (χ3n) is 3.81. The van der Waals surface area contributed by atoms with Crippen LogP contribution in [0.25, 0.3) is 33.4 Å². The van der Waals surface area contributed by atoms with E-state index in [0.29, 0.717) is 0 Å². The summed E-state index contributed by atoms with van der Waals surface area (Å²) in [5.41, 5.74) is 5.48. The fourth-order valence-electron chi connectivity index (χ4n) is 2.78. The van der Waals surface area contributed by atoms with E-state index in [1.165, 1.54) is 11.1 Å². The SMILES string of the molecule is Brc1ccc(-c2[nH]c3ncc(Br)cc3c2-c2ccccc2)cc1. The standard InChI is InChI=1S/C19H12Br2N2/c20-14-8-6-13(7-9-14)18-17(12-4-2-1-3-5-12)16-10-15(21)11-22-19(16)23-18/h1-11H,(H,22,23). The predicted octanol–water partition coefficient (Wildman–Crippen LogP) is 6.42. The first-order valence-corrected chi connectivity index (χ1v) is 8.79. The second-order valence-corrected chi connectivity index (χ2v) is 7.13. The zero-order valence-corrected chi connectivity index (χ0v) is 15.2. The van der Waals surface area contributed by atoms with Crippen LogP contribution in [0.2, 0.25) is 0 Å². The topological polar surface area (TPSA) is 28.7 Å². The van der Waals surface area contributed by atoms with Crippen LogP contribution >= 0.6 is 31.9 Å². The summed E-state index contributed by atoms with van der Waals surface area (Å²) in [5.74, 6) is 0. The lowest BCUT2D eigenvalue weighted by Crippen LogP contribution is -1.82. The molecule has 4 heteroatoms. The first-order chi connectivity index (χ1) is 11.2. The van der Waals surface area contributed by atoms with E-state index in [1.807, 2.05) is 12.3 Å². The highest BCUT2D eigenvalue weighted by molar-refractivity contribution is 9.10. The summed E-state index contributed by atoms with van der Waals surface area (Å²) in [6.45, 7) is 0. The fourth-order valence-corrected chi connectivity index (χ4v) is 3.38. The second kappa shape index (κ2) is 5.95. The molecule has 0 fully saturated rings. The first kappa shape index (κ1) is 14.7. The van der Waals surface area contributed by atoms with Crippen molar-refractivity contribution in [1.29, 1.82) is 0 Å². The Morgan fingerprint density at radius 2 is 1.52 bits per heavy atom. The predicted molar refractivity (Wildman–Crippen MR) is 102 cm³/mol. The van der Waals surface area contributed by atoms with Gasteiger partial charge in [0.15, 0.2) is 0 Å². The smallest absolute Gasteiger partial charge is 0.138 e. The maximum atomic E-state index is 4.52. The number of aromatic amines is 1. The average molecular weight is 428 g/mol. The molecule has 0 saturated carbocycles. The Kier molecular flexibility index (Phi) is 3.79. The van der Waals surface area contributed by atoms with Gasteiger partial charge in [-0.3, -0.25) is 0 Å². The van der Waals surface area contributed by atoms with Crippen LogP contribution < -0.4 is 0 Å². The zero-order valence-electron chi connectivity index (χ0n) is 12.1. The van der Waals surface area contributed by atoms with Crippen molar-refractivity contribution in [3.05, 3.63) is 75.8 Å². The van der Waals surface area contributed by atoms with E-state index in [1.54, 1.807) is 0 Å². The summed E-state index contributed by atoms with van der Waals surface area (Å²) in [7, 11) is 0. The molecular formula is C19H12Br2N2. The molecule has 0 aliphatic rings. The Labute approximate surface area is 150 Å². The van der Waals surface area contributed by atoms with Gasteiger partial charge < -0.3 is 4.98 Å². The minimum absolute atomic E-state index is 0.893. The molecule has 0 radical (unpaired) electrons. The van der Waals surface area contributed by atoms with Crippen molar-refractivity contribution in [3.63, 3.8) is 0 Å². The molecule has 0 aliphatic heterocycles. The molecule has 23 heavy (non-hydrogen) atoms. The molecule has 0 spiro atoms. The number of fused-ring (bicyclic) bond motifs is 1. The third kappa shape index (κ3) is 2.73. The third-order valence-corrected chi connectivity index (χ3v) is 4.77. The van der Waals surface area contributed by atoms with Gasteiger partial charge in [0.1, 0.15) is 5.65 Å². The van der Waals surface area contributed by atoms with Gasteiger partial charge in [-0.15, -0.1) is 0 Å². The highest BCUT2D eigenvalue weighted by atomic mass is 79.9. The molecule has 0 saturated heterocycles. The van der Waals surface area contributed by atoms with Gasteiger partial charge in [-0.05, 0) is 45.3 Å². The quantitative estimate of drug-likeness (QED) is 0.392. The largest absolute Gasteiger partial charge is 0.339 e. The number of benzene rings is 2. The zero-order chi connectivity index (χ0) is 15.8. The molecule has 2 aromatic carbocycles. The summed E-state index contributed by atoms with van der Waals surface area (Å²) in [6.07, 6.45) is 1.82. The number of H-pyrrole nitrogens is 1. The lowest BCUT2D eigenvalue weighted by atomic mass is 9.99. The van der Waals surface area contributed by atoms with Gasteiger partial charge in [0, 0.05) is 26.1 Å². The molecule has 1 N–H and O–H groups in total. The fraction of sp³-hybridized carbons (Fsp3) is 0. The van der Waals surface area contributed by atoms with Crippen molar-refractivity contribution in [3.8, 4) is 22.4 Å². The molecule has 2 aromatic heterocycles. The van der Waals surface area contributed by atoms with Crippen molar-refractivity contribution in [1.82, 2.24) is 9.97 Å². The maximum Gasteiger partial charge on any atom is 0.138 e. The van der Waals surface area contributed by atoms with Crippen LogP contribution in [0.4, 0.5) is 0 Å². The van der Waals surface area contributed by atoms with E-state index in [-0.39, 0.29) is 0 Å². The van der Waals surface area contributed by atoms with Crippen molar-refractivity contribution >= 4 is 42.9 Å². The molecule has 112 valence electrons. The second-order valence-electron chi connectivity index (χ2n) is 5.30. The van der Waals surface area contributed by atoms with Crippen LogP contribution in [0, 0.1) is 0 Å². The molecule has 4 aromatic rings. The molecule has 0 unspecified atom stereocenters. The van der Waals surface area contributed by atoms with Gasteiger partial charge >= 0.3 is 0 Å². The summed E-state index contributed by atoms with van der Waals surface area (Å²) in [4.78, 5) is 8.00. The van der Waals surface area contributed by atoms with Gasteiger partial charge in [-0.25, -0.2) is 4.98 Å². The van der Waals surface area contributed by atoms with E-state index >= 15 is 0 Å². The van der Waals surface area contributed by atoms with E-state index in [9.17, 15) is 0 Å². The minimum Gasteiger partial charge on any atom is -0.339 e. The van der Waals surface area contributed by atoms with Crippen molar-refractivity contribution < 1.29 is 0 Å². The Morgan fingerprint density at radius 3 is 2.26 bits per heavy atom. The van der Waals surface area contributed by atoms with Crippen molar-refractivity contribution in [2.45, 2.75) is 0 Å². The first-order valence-electron chi connectivity index (χ1n) is 7.21. The Balaban J connectivity index is 2.05. The lowest BCUT2D eigenvalue weighted by molar-refractivity contribution is 1.31. The van der Waals surface area contributed by atoms with Crippen LogP contribution in [0.3, 0.4) is 0 Å². The maximum absolute atomic E-state index is 4.52. The molecular weight excluding hydrogens is 416 g/mol. The summed E-state index contributed by atoms with van der Waals surface area (Å²) < 4.78 is 2.04. The van der Waals surface area contributed by atoms with Crippen molar-refractivity contribution in [2.24, 2.45) is 0 Å². The van der Waals surface area contributed by atoms with E-state index in [0.717, 1.165) is 31.2 Å². The minimum atomic E-state index is 0.893. The van der Waals surface area contributed by atoms with Gasteiger partial charge in [0.2, 0.25) is 0 Å². The number of halogens is 2. The van der Waals surface area contributed by atoms with Crippen LogP contribution in [-0.4, -0.2) is 9.97 Å². The Bertz CT molecular complexity index is 974. The molecule has 0 aliphatic carbocycles. The number of hydrogen-bond acceptors (Lipinski definition) is 1. The number of pyridine rings is 1. The van der Waals surface area contributed by atoms with Crippen LogP contribution in [0.15, 0.2) is 75.8 Å². The monoisotopic (exact) mass is 426 g/mol. The molecule has 2 nitrogen and oxygen atoms in total. The lowest BCUT2D eigenvalue weighted by Gasteiger charge is -2.06. The van der Waals surface area contributed by atoms with Gasteiger partial charge in [0.25, 0.3) is 0 Å². The van der Waals surface area contributed by atoms with Crippen molar-refractivity contribution in [2.75, 3.05) is 0 Å². The van der Waals surface area contributed by atoms with Crippen LogP contribution in [0.5, 0.6) is 0 Å². The summed E-state index contributed by atoms with van der Waals surface area (Å²) >= 11 is 7.03. The molecule has 0 atom stereocenters. The van der Waals surface area contributed by atoms with E-state index in [2.05, 4.69) is 96.4 Å². The number of aromatic nitrogens is 2. The van der Waals surface area contributed by atoms with E-state index < -0.39 is 0 Å².